The molecule has 0 aliphatic rings. The average molecular weight is 313 g/mol. The molecule has 21 heavy (non-hydrogen) atoms. The fourth-order valence-corrected chi connectivity index (χ4v) is 2.37. The summed E-state index contributed by atoms with van der Waals surface area (Å²) in [5, 5.41) is 8.02. The lowest BCUT2D eigenvalue weighted by atomic mass is 10.2. The molecule has 0 aromatic carbocycles. The van der Waals surface area contributed by atoms with Gasteiger partial charge in [0.25, 0.3) is 6.43 Å². The smallest absolute Gasteiger partial charge is 0.257 e. The monoisotopic (exact) mass is 313 g/mol. The molecule has 2 heterocycles. The van der Waals surface area contributed by atoms with Gasteiger partial charge in [-0.3, -0.25) is 14.3 Å². The van der Waals surface area contributed by atoms with E-state index in [4.69, 9.17) is 0 Å². The number of ketones is 1. The Morgan fingerprint density at radius 3 is 2.86 bits per heavy atom. The minimum absolute atomic E-state index is 0.0385. The van der Waals surface area contributed by atoms with Gasteiger partial charge in [0.2, 0.25) is 5.91 Å². The Kier molecular flexibility index (Phi) is 5.15. The van der Waals surface area contributed by atoms with E-state index in [2.05, 4.69) is 10.4 Å². The third kappa shape index (κ3) is 4.75. The Bertz CT molecular complexity index is 611. The van der Waals surface area contributed by atoms with Crippen LogP contribution in [0.25, 0.3) is 0 Å². The SMILES string of the molecule is O=C(CCC(=O)c1cccs1)Nc1cnn(CC(F)F)c1. The molecular formula is C13H13F2N3O2S. The third-order valence-electron chi connectivity index (χ3n) is 2.62. The van der Waals surface area contributed by atoms with E-state index in [1.807, 2.05) is 0 Å². The van der Waals surface area contributed by atoms with E-state index in [1.54, 1.807) is 17.5 Å². The summed E-state index contributed by atoms with van der Waals surface area (Å²) in [6.45, 7) is -0.521. The average Bonchev–Trinajstić information content (AvgIpc) is 3.07. The third-order valence-corrected chi connectivity index (χ3v) is 3.53. The molecule has 0 radical (unpaired) electrons. The number of hydrogen-bond donors (Lipinski definition) is 1. The normalized spacial score (nSPS) is 10.8. The van der Waals surface area contributed by atoms with Gasteiger partial charge < -0.3 is 5.32 Å². The van der Waals surface area contributed by atoms with Gasteiger partial charge in [0, 0.05) is 19.0 Å². The van der Waals surface area contributed by atoms with Crippen molar-refractivity contribution in [3.8, 4) is 0 Å². The molecule has 0 aliphatic heterocycles. The largest absolute Gasteiger partial charge is 0.323 e. The highest BCUT2D eigenvalue weighted by Gasteiger charge is 2.11. The first-order valence-corrected chi connectivity index (χ1v) is 7.09. The van der Waals surface area contributed by atoms with Crippen molar-refractivity contribution in [2.45, 2.75) is 25.8 Å². The number of halogens is 2. The van der Waals surface area contributed by atoms with Crippen LogP contribution in [-0.4, -0.2) is 27.9 Å². The van der Waals surface area contributed by atoms with Crippen LogP contribution in [0.15, 0.2) is 29.9 Å². The summed E-state index contributed by atoms with van der Waals surface area (Å²) in [7, 11) is 0. The Balaban J connectivity index is 1.79. The maximum Gasteiger partial charge on any atom is 0.257 e. The number of amides is 1. The summed E-state index contributed by atoms with van der Waals surface area (Å²) in [6, 6.07) is 3.48. The topological polar surface area (TPSA) is 64.0 Å². The minimum Gasteiger partial charge on any atom is -0.323 e. The number of hydrogen-bond acceptors (Lipinski definition) is 4. The van der Waals surface area contributed by atoms with Crippen molar-refractivity contribution in [1.82, 2.24) is 9.78 Å². The quantitative estimate of drug-likeness (QED) is 0.799. The summed E-state index contributed by atoms with van der Waals surface area (Å²) >= 11 is 1.33. The highest BCUT2D eigenvalue weighted by molar-refractivity contribution is 7.12. The summed E-state index contributed by atoms with van der Waals surface area (Å²) < 4.78 is 25.4. The number of alkyl halides is 2. The first-order valence-electron chi connectivity index (χ1n) is 6.22. The zero-order valence-electron chi connectivity index (χ0n) is 11.0. The molecule has 0 saturated heterocycles. The molecular weight excluding hydrogens is 300 g/mol. The maximum absolute atomic E-state index is 12.2. The Hall–Kier alpha value is -2.09. The number of aromatic nitrogens is 2. The van der Waals surface area contributed by atoms with E-state index in [0.717, 1.165) is 4.68 Å². The summed E-state index contributed by atoms with van der Waals surface area (Å²) in [5.41, 5.74) is 0.337. The first-order chi connectivity index (χ1) is 10.0. The molecule has 2 aromatic rings. The predicted molar refractivity (Wildman–Crippen MR) is 74.7 cm³/mol. The van der Waals surface area contributed by atoms with Crippen molar-refractivity contribution in [3.63, 3.8) is 0 Å². The van der Waals surface area contributed by atoms with Gasteiger partial charge in [0.05, 0.1) is 16.8 Å². The van der Waals surface area contributed by atoms with E-state index in [9.17, 15) is 18.4 Å². The van der Waals surface area contributed by atoms with Crippen LogP contribution in [0.2, 0.25) is 0 Å². The Labute approximate surface area is 123 Å². The summed E-state index contributed by atoms with van der Waals surface area (Å²) in [5.74, 6) is -0.440. The Morgan fingerprint density at radius 2 is 2.19 bits per heavy atom. The number of rotatable bonds is 7. The number of anilines is 1. The van der Waals surface area contributed by atoms with Gasteiger partial charge in [-0.15, -0.1) is 11.3 Å². The molecule has 1 N–H and O–H groups in total. The molecule has 2 rings (SSSR count). The van der Waals surface area contributed by atoms with Crippen LogP contribution < -0.4 is 5.32 Å². The van der Waals surface area contributed by atoms with Crippen LogP contribution >= 0.6 is 11.3 Å². The molecule has 0 aliphatic carbocycles. The van der Waals surface area contributed by atoms with E-state index in [0.29, 0.717) is 10.6 Å². The van der Waals surface area contributed by atoms with Crippen molar-refractivity contribution in [1.29, 1.82) is 0 Å². The van der Waals surface area contributed by atoms with Crippen LogP contribution in [0.4, 0.5) is 14.5 Å². The second-order valence-electron chi connectivity index (χ2n) is 4.29. The molecule has 0 bridgehead atoms. The van der Waals surface area contributed by atoms with Gasteiger partial charge in [0.15, 0.2) is 5.78 Å². The molecule has 8 heteroatoms. The second kappa shape index (κ2) is 7.07. The van der Waals surface area contributed by atoms with E-state index in [1.165, 1.54) is 23.7 Å². The Morgan fingerprint density at radius 1 is 1.38 bits per heavy atom. The van der Waals surface area contributed by atoms with Gasteiger partial charge in [-0.25, -0.2) is 8.78 Å². The highest BCUT2D eigenvalue weighted by Crippen LogP contribution is 2.13. The number of thiophene rings is 1. The van der Waals surface area contributed by atoms with Crippen LogP contribution in [-0.2, 0) is 11.3 Å². The van der Waals surface area contributed by atoms with Crippen LogP contribution in [0, 0.1) is 0 Å². The molecule has 0 saturated carbocycles. The fourth-order valence-electron chi connectivity index (χ4n) is 1.68. The van der Waals surface area contributed by atoms with Gasteiger partial charge in [-0.1, -0.05) is 6.07 Å². The van der Waals surface area contributed by atoms with Crippen molar-refractivity contribution in [2.24, 2.45) is 0 Å². The zero-order valence-corrected chi connectivity index (χ0v) is 11.8. The van der Waals surface area contributed by atoms with E-state index in [-0.39, 0.29) is 24.5 Å². The molecule has 112 valence electrons. The van der Waals surface area contributed by atoms with Gasteiger partial charge in [-0.05, 0) is 11.4 Å². The van der Waals surface area contributed by atoms with Crippen LogP contribution in [0.5, 0.6) is 0 Å². The summed E-state index contributed by atoms with van der Waals surface area (Å²) in [4.78, 5) is 24.0. The lowest BCUT2D eigenvalue weighted by Gasteiger charge is -2.01. The van der Waals surface area contributed by atoms with Gasteiger partial charge in [-0.2, -0.15) is 5.10 Å². The number of nitrogens with zero attached hydrogens (tertiary/aromatic N) is 2. The predicted octanol–water partition coefficient (Wildman–Crippen LogP) is 2.81. The second-order valence-corrected chi connectivity index (χ2v) is 5.24. The molecule has 0 spiro atoms. The van der Waals surface area contributed by atoms with Crippen molar-refractivity contribution >= 4 is 28.7 Å². The van der Waals surface area contributed by atoms with Gasteiger partial charge in [0.1, 0.15) is 6.54 Å². The van der Waals surface area contributed by atoms with Crippen molar-refractivity contribution < 1.29 is 18.4 Å². The van der Waals surface area contributed by atoms with Crippen LogP contribution in [0.1, 0.15) is 22.5 Å². The molecule has 0 unspecified atom stereocenters. The zero-order chi connectivity index (χ0) is 15.2. The van der Waals surface area contributed by atoms with Gasteiger partial charge >= 0.3 is 0 Å². The summed E-state index contributed by atoms with van der Waals surface area (Å²) in [6.07, 6.45) is 0.262. The van der Waals surface area contributed by atoms with Crippen molar-refractivity contribution in [2.75, 3.05) is 5.32 Å². The van der Waals surface area contributed by atoms with E-state index >= 15 is 0 Å². The standard InChI is InChI=1S/C13H13F2N3O2S/c14-12(15)8-18-7-9(6-16-18)17-13(20)4-3-10(19)11-2-1-5-21-11/h1-2,5-7,12H,3-4,8H2,(H,17,20). The molecule has 1 amide bonds. The number of nitrogens with one attached hydrogen (secondary N) is 1. The molecule has 5 nitrogen and oxygen atoms in total. The number of carbonyl (C=O) groups excluding carboxylic acids is 2. The maximum atomic E-state index is 12.2. The molecule has 0 atom stereocenters. The van der Waals surface area contributed by atoms with Crippen LogP contribution in [0.3, 0.4) is 0 Å². The minimum atomic E-state index is -2.50. The fraction of sp³-hybridized carbons (Fsp3) is 0.308. The molecule has 2 aromatic heterocycles. The number of Topliss-reactive ketones (excluding diaryl/α,β-unsaturated/α-hetero) is 1. The number of carbonyl (C=O) groups is 2. The first kappa shape index (κ1) is 15.3. The lowest BCUT2D eigenvalue weighted by molar-refractivity contribution is -0.116. The van der Waals surface area contributed by atoms with Crippen molar-refractivity contribution in [3.05, 3.63) is 34.8 Å². The van der Waals surface area contributed by atoms with E-state index < -0.39 is 13.0 Å². The highest BCUT2D eigenvalue weighted by atomic mass is 32.1. The lowest BCUT2D eigenvalue weighted by Crippen LogP contribution is -2.13. The molecule has 0 fully saturated rings.